The molecule has 0 spiro atoms. The van der Waals surface area contributed by atoms with Crippen LogP contribution in [-0.4, -0.2) is 34.4 Å². The van der Waals surface area contributed by atoms with Gasteiger partial charge in [0.05, 0.1) is 16.8 Å². The Kier molecular flexibility index (Phi) is 4.67. The van der Waals surface area contributed by atoms with Gasteiger partial charge >= 0.3 is 0 Å². The lowest BCUT2D eigenvalue weighted by molar-refractivity contribution is 0.457. The van der Waals surface area contributed by atoms with E-state index < -0.39 is 5.82 Å². The van der Waals surface area contributed by atoms with Crippen LogP contribution in [0.2, 0.25) is 0 Å². The number of aromatic amines is 1. The Balaban J connectivity index is 1.32. The van der Waals surface area contributed by atoms with E-state index >= 15 is 0 Å². The summed E-state index contributed by atoms with van der Waals surface area (Å²) in [5.74, 6) is -0.0333. The van der Waals surface area contributed by atoms with E-state index in [2.05, 4.69) is 25.9 Å². The first kappa shape index (κ1) is 18.4. The third kappa shape index (κ3) is 3.41. The van der Waals surface area contributed by atoms with Crippen molar-refractivity contribution in [1.29, 1.82) is 0 Å². The van der Waals surface area contributed by atoms with Gasteiger partial charge in [0.15, 0.2) is 5.88 Å². The van der Waals surface area contributed by atoms with Gasteiger partial charge in [-0.15, -0.1) is 0 Å². The third-order valence-electron chi connectivity index (χ3n) is 5.64. The van der Waals surface area contributed by atoms with Gasteiger partial charge in [0.2, 0.25) is 0 Å². The number of aromatic hydroxyl groups is 1. The summed E-state index contributed by atoms with van der Waals surface area (Å²) in [5, 5.41) is 10.5. The SMILES string of the molecule is Oc1[nH]c2cccc(F)c2c1C=Nc1ccc(N2CCC(c3ccccn3)C2)cc1. The molecule has 1 aliphatic heterocycles. The molecular weight excluding hydrogens is 379 g/mol. The van der Waals surface area contributed by atoms with Crippen molar-refractivity contribution in [3.05, 3.63) is 83.9 Å². The number of aromatic nitrogens is 2. The topological polar surface area (TPSA) is 64.5 Å². The second-order valence-electron chi connectivity index (χ2n) is 7.51. The maximum absolute atomic E-state index is 14.2. The maximum atomic E-state index is 14.2. The Morgan fingerprint density at radius 1 is 1.10 bits per heavy atom. The second kappa shape index (κ2) is 7.63. The third-order valence-corrected chi connectivity index (χ3v) is 5.64. The lowest BCUT2D eigenvalue weighted by Crippen LogP contribution is -2.19. The fourth-order valence-electron chi connectivity index (χ4n) is 4.08. The quantitative estimate of drug-likeness (QED) is 0.466. The summed E-state index contributed by atoms with van der Waals surface area (Å²) >= 11 is 0. The molecule has 5 nitrogen and oxygen atoms in total. The first-order valence-corrected chi connectivity index (χ1v) is 9.98. The molecule has 3 heterocycles. The Morgan fingerprint density at radius 3 is 2.77 bits per heavy atom. The average Bonchev–Trinajstić information content (AvgIpc) is 3.39. The summed E-state index contributed by atoms with van der Waals surface area (Å²) in [6, 6.07) is 18.7. The van der Waals surface area contributed by atoms with Gasteiger partial charge in [-0.05, 0) is 55.0 Å². The van der Waals surface area contributed by atoms with Crippen molar-refractivity contribution in [2.45, 2.75) is 12.3 Å². The van der Waals surface area contributed by atoms with Gasteiger partial charge in [-0.2, -0.15) is 0 Å². The van der Waals surface area contributed by atoms with Gasteiger partial charge < -0.3 is 15.0 Å². The van der Waals surface area contributed by atoms with Crippen molar-refractivity contribution in [2.24, 2.45) is 4.99 Å². The number of benzene rings is 2. The molecule has 1 saturated heterocycles. The van der Waals surface area contributed by atoms with Crippen LogP contribution >= 0.6 is 0 Å². The molecule has 4 aromatic rings. The van der Waals surface area contributed by atoms with E-state index in [0.717, 1.165) is 36.6 Å². The average molecular weight is 400 g/mol. The molecular formula is C24H21FN4O. The van der Waals surface area contributed by atoms with Gasteiger partial charge in [0.1, 0.15) is 5.82 Å². The fourth-order valence-corrected chi connectivity index (χ4v) is 4.08. The van der Waals surface area contributed by atoms with Crippen molar-refractivity contribution in [3.63, 3.8) is 0 Å². The number of rotatable bonds is 4. The summed E-state index contributed by atoms with van der Waals surface area (Å²) in [7, 11) is 0. The first-order valence-electron chi connectivity index (χ1n) is 9.98. The highest BCUT2D eigenvalue weighted by atomic mass is 19.1. The maximum Gasteiger partial charge on any atom is 0.198 e. The van der Waals surface area contributed by atoms with Gasteiger partial charge in [-0.25, -0.2) is 4.39 Å². The molecule has 2 aromatic carbocycles. The van der Waals surface area contributed by atoms with Gasteiger partial charge in [-0.1, -0.05) is 12.1 Å². The number of H-pyrrole nitrogens is 1. The van der Waals surface area contributed by atoms with E-state index in [-0.39, 0.29) is 5.88 Å². The minimum absolute atomic E-state index is 0.0897. The van der Waals surface area contributed by atoms with E-state index in [0.29, 0.717) is 22.4 Å². The molecule has 6 heteroatoms. The zero-order valence-corrected chi connectivity index (χ0v) is 16.3. The Hall–Kier alpha value is -3.67. The molecule has 0 aliphatic carbocycles. The Labute approximate surface area is 173 Å². The largest absolute Gasteiger partial charge is 0.494 e. The van der Waals surface area contributed by atoms with Crippen LogP contribution in [0.25, 0.3) is 10.9 Å². The van der Waals surface area contributed by atoms with Crippen molar-refractivity contribution >= 4 is 28.5 Å². The number of hydrogen-bond donors (Lipinski definition) is 2. The lowest BCUT2D eigenvalue weighted by atomic mass is 10.0. The number of pyridine rings is 1. The predicted octanol–water partition coefficient (Wildman–Crippen LogP) is 5.15. The molecule has 1 atom stereocenters. The molecule has 0 saturated carbocycles. The molecule has 1 fully saturated rings. The van der Waals surface area contributed by atoms with Crippen LogP contribution in [0.4, 0.5) is 15.8 Å². The predicted molar refractivity (Wildman–Crippen MR) is 117 cm³/mol. The molecule has 0 bridgehead atoms. The summed E-state index contributed by atoms with van der Waals surface area (Å²) in [5.41, 5.74) is 3.93. The summed E-state index contributed by atoms with van der Waals surface area (Å²) in [6.07, 6.45) is 4.43. The van der Waals surface area contributed by atoms with E-state index in [1.54, 1.807) is 12.1 Å². The zero-order valence-electron chi connectivity index (χ0n) is 16.3. The monoisotopic (exact) mass is 400 g/mol. The van der Waals surface area contributed by atoms with Gasteiger partial charge in [0, 0.05) is 48.2 Å². The van der Waals surface area contributed by atoms with Crippen molar-refractivity contribution < 1.29 is 9.50 Å². The van der Waals surface area contributed by atoms with E-state index in [1.807, 2.05) is 42.6 Å². The minimum atomic E-state index is -0.391. The van der Waals surface area contributed by atoms with E-state index in [9.17, 15) is 9.50 Å². The Morgan fingerprint density at radius 2 is 1.97 bits per heavy atom. The molecule has 5 rings (SSSR count). The summed E-state index contributed by atoms with van der Waals surface area (Å²) in [6.45, 7) is 1.94. The molecule has 2 aromatic heterocycles. The number of aliphatic imine (C=N–C) groups is 1. The lowest BCUT2D eigenvalue weighted by Gasteiger charge is -2.18. The van der Waals surface area contributed by atoms with Crippen LogP contribution in [-0.2, 0) is 0 Å². The molecule has 2 N–H and O–H groups in total. The van der Waals surface area contributed by atoms with Crippen LogP contribution in [0.3, 0.4) is 0 Å². The second-order valence-corrected chi connectivity index (χ2v) is 7.51. The smallest absolute Gasteiger partial charge is 0.198 e. The molecule has 1 aliphatic rings. The highest BCUT2D eigenvalue weighted by Gasteiger charge is 2.24. The van der Waals surface area contributed by atoms with Gasteiger partial charge in [0.25, 0.3) is 0 Å². The number of fused-ring (bicyclic) bond motifs is 1. The van der Waals surface area contributed by atoms with Crippen molar-refractivity contribution in [3.8, 4) is 5.88 Å². The fraction of sp³-hybridized carbons (Fsp3) is 0.167. The normalized spacial score (nSPS) is 16.7. The standard InChI is InChI=1S/C24H21FN4O/c25-20-4-3-6-22-23(20)19(24(30)28-22)14-27-17-7-9-18(10-8-17)29-13-11-16(15-29)21-5-1-2-12-26-21/h1-10,12,14,16,28,30H,11,13,15H2. The summed E-state index contributed by atoms with van der Waals surface area (Å²) < 4.78 is 14.2. The first-order chi connectivity index (χ1) is 14.7. The number of hydrogen-bond acceptors (Lipinski definition) is 4. The van der Waals surface area contributed by atoms with Crippen LogP contribution in [0.15, 0.2) is 71.9 Å². The molecule has 1 unspecified atom stereocenters. The van der Waals surface area contributed by atoms with Crippen LogP contribution in [0.1, 0.15) is 23.6 Å². The summed E-state index contributed by atoms with van der Waals surface area (Å²) in [4.78, 5) is 14.1. The highest BCUT2D eigenvalue weighted by molar-refractivity contribution is 6.02. The number of nitrogens with zero attached hydrogens (tertiary/aromatic N) is 3. The number of nitrogens with one attached hydrogen (secondary N) is 1. The molecule has 150 valence electrons. The Bertz CT molecular complexity index is 1200. The minimum Gasteiger partial charge on any atom is -0.494 e. The van der Waals surface area contributed by atoms with Crippen molar-refractivity contribution in [2.75, 3.05) is 18.0 Å². The number of halogens is 1. The molecule has 0 radical (unpaired) electrons. The van der Waals surface area contributed by atoms with Crippen molar-refractivity contribution in [1.82, 2.24) is 9.97 Å². The highest BCUT2D eigenvalue weighted by Crippen LogP contribution is 2.31. The molecule has 30 heavy (non-hydrogen) atoms. The van der Waals surface area contributed by atoms with Crippen LogP contribution < -0.4 is 4.90 Å². The zero-order chi connectivity index (χ0) is 20.5. The van der Waals surface area contributed by atoms with E-state index in [1.165, 1.54) is 12.3 Å². The van der Waals surface area contributed by atoms with Crippen LogP contribution in [0, 0.1) is 5.82 Å². The van der Waals surface area contributed by atoms with E-state index in [4.69, 9.17) is 0 Å². The van der Waals surface area contributed by atoms with Crippen LogP contribution in [0.5, 0.6) is 5.88 Å². The molecule has 0 amide bonds. The van der Waals surface area contributed by atoms with Gasteiger partial charge in [-0.3, -0.25) is 9.98 Å². The number of anilines is 1.